The Labute approximate surface area is 325 Å². The minimum atomic E-state index is -0.0257. The third-order valence-corrected chi connectivity index (χ3v) is 12.8. The highest BCUT2D eigenvalue weighted by molar-refractivity contribution is 7.19. The third-order valence-electron chi connectivity index (χ3n) is 11.7. The van der Waals surface area contributed by atoms with E-state index in [1.165, 1.54) is 76.8 Å². The number of aromatic nitrogens is 1. The van der Waals surface area contributed by atoms with Gasteiger partial charge in [-0.05, 0) is 92.4 Å². The lowest BCUT2D eigenvalue weighted by Crippen LogP contribution is -2.14. The van der Waals surface area contributed by atoms with Gasteiger partial charge in [0.2, 0.25) is 0 Å². The number of hydrogen-bond donors (Lipinski definition) is 0. The summed E-state index contributed by atoms with van der Waals surface area (Å²) in [5.74, 6) is 0. The van der Waals surface area contributed by atoms with Crippen LogP contribution < -0.4 is 4.90 Å². The van der Waals surface area contributed by atoms with Crippen molar-refractivity contribution in [3.63, 3.8) is 0 Å². The molecule has 1 heterocycles. The van der Waals surface area contributed by atoms with E-state index in [9.17, 15) is 0 Å². The molecule has 0 unspecified atom stereocenters. The van der Waals surface area contributed by atoms with E-state index in [0.29, 0.717) is 0 Å². The number of rotatable bonds is 6. The smallest absolute Gasteiger partial charge is 0.124 e. The minimum absolute atomic E-state index is 0.0257. The van der Waals surface area contributed by atoms with E-state index in [1.807, 2.05) is 0 Å². The molecule has 2 nitrogen and oxygen atoms in total. The molecule has 11 rings (SSSR count). The second-order valence-electron chi connectivity index (χ2n) is 15.1. The average Bonchev–Trinajstić information content (AvgIpc) is 3.88. The summed E-state index contributed by atoms with van der Waals surface area (Å²) in [5, 5.41) is 3.65. The van der Waals surface area contributed by atoms with Gasteiger partial charge in [0.05, 0.1) is 10.6 Å². The summed E-state index contributed by atoms with van der Waals surface area (Å²) in [4.78, 5) is 8.77. The maximum atomic E-state index is 5.15. The van der Waals surface area contributed by atoms with Crippen molar-refractivity contribution in [3.8, 4) is 65.6 Å². The average molecular weight is 721 g/mol. The van der Waals surface area contributed by atoms with Crippen molar-refractivity contribution in [1.82, 2.24) is 4.98 Å². The molecule has 0 saturated carbocycles. The zero-order chi connectivity index (χ0) is 36.7. The van der Waals surface area contributed by atoms with Gasteiger partial charge in [-0.25, -0.2) is 4.98 Å². The number of nitrogens with zero attached hydrogens (tertiary/aromatic N) is 2. The number of anilines is 3. The van der Waals surface area contributed by atoms with Gasteiger partial charge >= 0.3 is 0 Å². The van der Waals surface area contributed by atoms with E-state index < -0.39 is 0 Å². The summed E-state index contributed by atoms with van der Waals surface area (Å²) in [6, 6.07) is 66.3. The van der Waals surface area contributed by atoms with Crippen LogP contribution in [-0.2, 0) is 5.41 Å². The van der Waals surface area contributed by atoms with Gasteiger partial charge in [0.25, 0.3) is 0 Å². The summed E-state index contributed by atoms with van der Waals surface area (Å²) in [6.45, 7) is 4.69. The molecule has 0 saturated heterocycles. The van der Waals surface area contributed by atoms with Gasteiger partial charge in [0.1, 0.15) is 5.01 Å². The Morgan fingerprint density at radius 2 is 1.02 bits per heavy atom. The molecule has 0 atom stereocenters. The minimum Gasteiger partial charge on any atom is -0.311 e. The molecule has 2 aliphatic carbocycles. The largest absolute Gasteiger partial charge is 0.311 e. The zero-order valence-corrected chi connectivity index (χ0v) is 31.4. The van der Waals surface area contributed by atoms with Crippen LogP contribution in [0.2, 0.25) is 0 Å². The molecule has 9 aromatic rings. The van der Waals surface area contributed by atoms with Crippen molar-refractivity contribution in [2.45, 2.75) is 19.3 Å². The van der Waals surface area contributed by atoms with Crippen molar-refractivity contribution in [2.24, 2.45) is 0 Å². The molecule has 260 valence electrons. The molecule has 0 aliphatic heterocycles. The Kier molecular flexibility index (Phi) is 7.11. The molecule has 0 fully saturated rings. The first-order valence-electron chi connectivity index (χ1n) is 19.0. The van der Waals surface area contributed by atoms with Crippen LogP contribution >= 0.6 is 11.3 Å². The molecule has 2 aliphatic rings. The van der Waals surface area contributed by atoms with Crippen LogP contribution in [0.15, 0.2) is 182 Å². The predicted molar refractivity (Wildman–Crippen MR) is 233 cm³/mol. The van der Waals surface area contributed by atoms with Gasteiger partial charge in [0, 0.05) is 44.6 Å². The van der Waals surface area contributed by atoms with Crippen molar-refractivity contribution >= 4 is 39.2 Å². The lowest BCUT2D eigenvalue weighted by atomic mass is 9.81. The molecular formula is C52H36N2S. The zero-order valence-electron chi connectivity index (χ0n) is 30.6. The highest BCUT2D eigenvalue weighted by Gasteiger charge is 2.35. The lowest BCUT2D eigenvalue weighted by molar-refractivity contribution is 0.660. The Balaban J connectivity index is 0.928. The Hall–Kier alpha value is -6.55. The molecule has 55 heavy (non-hydrogen) atoms. The molecule has 0 N–H and O–H groups in total. The van der Waals surface area contributed by atoms with Gasteiger partial charge in [-0.2, -0.15) is 0 Å². The van der Waals surface area contributed by atoms with Crippen LogP contribution in [0, 0.1) is 0 Å². The van der Waals surface area contributed by atoms with Crippen LogP contribution in [0.3, 0.4) is 0 Å². The molecule has 0 radical (unpaired) electrons. The van der Waals surface area contributed by atoms with Gasteiger partial charge < -0.3 is 4.90 Å². The second-order valence-corrected chi connectivity index (χ2v) is 16.1. The van der Waals surface area contributed by atoms with E-state index in [0.717, 1.165) is 27.8 Å². The number of para-hydroxylation sites is 1. The predicted octanol–water partition coefficient (Wildman–Crippen LogP) is 14.7. The molecule has 3 heteroatoms. The van der Waals surface area contributed by atoms with Crippen LogP contribution in [0.25, 0.3) is 76.4 Å². The summed E-state index contributed by atoms with van der Waals surface area (Å²) in [6.07, 6.45) is 0. The first-order valence-corrected chi connectivity index (χ1v) is 19.8. The van der Waals surface area contributed by atoms with Gasteiger partial charge in [-0.3, -0.25) is 0 Å². The third kappa shape index (κ3) is 4.97. The monoisotopic (exact) mass is 720 g/mol. The fourth-order valence-corrected chi connectivity index (χ4v) is 10.1. The Bertz CT molecular complexity index is 2890. The van der Waals surface area contributed by atoms with Crippen LogP contribution in [0.1, 0.15) is 25.0 Å². The first-order chi connectivity index (χ1) is 27.0. The Morgan fingerprint density at radius 3 is 1.78 bits per heavy atom. The molecule has 0 spiro atoms. The standard InChI is InChI=1S/C52H36N2S/c1-52(2)46-19-10-9-16-41(46)42-29-24-36(32-47(42)52)33-20-25-38(26-21-33)54(37-14-7-4-8-15-37)39-27-22-34(23-28-39)40-30-31-44-48-43(40)17-11-18-45(48)50-49(44)53-51(55-50)35-12-5-3-6-13-35/h3-32H,1-2H3. The number of hydrogen-bond acceptors (Lipinski definition) is 3. The summed E-state index contributed by atoms with van der Waals surface area (Å²) < 4.78 is 0. The quantitative estimate of drug-likeness (QED) is 0.170. The number of benzene rings is 8. The first kappa shape index (κ1) is 31.9. The van der Waals surface area contributed by atoms with E-state index >= 15 is 0 Å². The maximum absolute atomic E-state index is 5.15. The summed E-state index contributed by atoms with van der Waals surface area (Å²) in [5.41, 5.74) is 18.5. The van der Waals surface area contributed by atoms with Crippen LogP contribution in [0.4, 0.5) is 17.1 Å². The van der Waals surface area contributed by atoms with E-state index in [-0.39, 0.29) is 5.41 Å². The topological polar surface area (TPSA) is 16.1 Å². The van der Waals surface area contributed by atoms with Crippen LogP contribution in [-0.4, -0.2) is 4.98 Å². The molecule has 0 amide bonds. The van der Waals surface area contributed by atoms with Crippen LogP contribution in [0.5, 0.6) is 0 Å². The van der Waals surface area contributed by atoms with E-state index in [1.54, 1.807) is 11.3 Å². The summed E-state index contributed by atoms with van der Waals surface area (Å²) >= 11 is 1.79. The van der Waals surface area contributed by atoms with Gasteiger partial charge in [-0.15, -0.1) is 11.3 Å². The van der Waals surface area contributed by atoms with Crippen molar-refractivity contribution in [2.75, 3.05) is 4.90 Å². The van der Waals surface area contributed by atoms with E-state index in [4.69, 9.17) is 4.98 Å². The second kappa shape index (κ2) is 12.2. The highest BCUT2D eigenvalue weighted by Crippen LogP contribution is 2.53. The molecular weight excluding hydrogens is 685 g/mol. The fraction of sp³-hybridized carbons (Fsp3) is 0.0577. The molecule has 0 bridgehead atoms. The number of thiazole rings is 1. The van der Waals surface area contributed by atoms with Crippen molar-refractivity contribution in [1.29, 1.82) is 0 Å². The Morgan fingerprint density at radius 1 is 0.436 bits per heavy atom. The fourth-order valence-electron chi connectivity index (χ4n) is 8.94. The van der Waals surface area contributed by atoms with Crippen molar-refractivity contribution in [3.05, 3.63) is 193 Å². The van der Waals surface area contributed by atoms with Gasteiger partial charge in [-0.1, -0.05) is 153 Å². The SMILES string of the molecule is CC1(C)c2ccccc2-c2ccc(-c3ccc(N(c4ccccc4)c4ccc(-c5ccc6c7c(cccc57)-c5sc(-c7ccccc7)nc5-6)cc4)cc3)cc21. The van der Waals surface area contributed by atoms with Gasteiger partial charge in [0.15, 0.2) is 0 Å². The maximum Gasteiger partial charge on any atom is 0.124 e. The van der Waals surface area contributed by atoms with Crippen molar-refractivity contribution < 1.29 is 0 Å². The number of fused-ring (bicyclic) bond motifs is 6. The van der Waals surface area contributed by atoms with E-state index in [2.05, 4.69) is 201 Å². The normalized spacial score (nSPS) is 13.1. The summed E-state index contributed by atoms with van der Waals surface area (Å²) in [7, 11) is 0. The molecule has 8 aromatic carbocycles. The highest BCUT2D eigenvalue weighted by atomic mass is 32.1. The molecule has 1 aromatic heterocycles. The lowest BCUT2D eigenvalue weighted by Gasteiger charge is -2.26.